The number of esters is 1. The normalized spacial score (nSPS) is 18.2. The summed E-state index contributed by atoms with van der Waals surface area (Å²) in [5, 5.41) is 19.0. The third kappa shape index (κ3) is 2.74. The van der Waals surface area contributed by atoms with Crippen molar-refractivity contribution in [3.8, 4) is 11.5 Å². The molecule has 2 rings (SSSR count). The van der Waals surface area contributed by atoms with E-state index >= 15 is 0 Å². The summed E-state index contributed by atoms with van der Waals surface area (Å²) in [6, 6.07) is 2.34. The zero-order valence-electron chi connectivity index (χ0n) is 11.0. The Balaban J connectivity index is 2.23. The van der Waals surface area contributed by atoms with Gasteiger partial charge in [-0.2, -0.15) is 0 Å². The molecular weight excluding hydrogens is 264 g/mol. The summed E-state index contributed by atoms with van der Waals surface area (Å²) in [6.45, 7) is 3.26. The predicted octanol–water partition coefficient (Wildman–Crippen LogP) is 1.78. The Morgan fingerprint density at radius 3 is 2.70 bits per heavy atom. The molecule has 1 aliphatic heterocycles. The standard InChI is InChI=1S/C14H14O6/c1-7-3-9(15)5-11(17)13(7)14(18)20-12-6-19-8(2)4-10(12)16/h3,5-6,8,15,17H,4H2,1-2H3/t8-/m0/s1. The summed E-state index contributed by atoms with van der Waals surface area (Å²) in [7, 11) is 0. The van der Waals surface area contributed by atoms with Gasteiger partial charge in [0.05, 0.1) is 6.42 Å². The number of ketones is 1. The minimum Gasteiger partial charge on any atom is -0.508 e. The van der Waals surface area contributed by atoms with Crippen LogP contribution in [0.5, 0.6) is 11.5 Å². The van der Waals surface area contributed by atoms with Crippen LogP contribution in [0.1, 0.15) is 29.3 Å². The number of phenols is 2. The molecule has 0 unspecified atom stereocenters. The maximum Gasteiger partial charge on any atom is 0.347 e. The molecular formula is C14H14O6. The van der Waals surface area contributed by atoms with Crippen LogP contribution < -0.4 is 0 Å². The summed E-state index contributed by atoms with van der Waals surface area (Å²) in [6.07, 6.45) is 0.967. The van der Waals surface area contributed by atoms with E-state index < -0.39 is 11.7 Å². The van der Waals surface area contributed by atoms with Gasteiger partial charge in [0.1, 0.15) is 29.4 Å². The van der Waals surface area contributed by atoms with Crippen LogP contribution in [0.25, 0.3) is 0 Å². The van der Waals surface area contributed by atoms with Crippen LogP contribution in [-0.2, 0) is 14.3 Å². The lowest BCUT2D eigenvalue weighted by molar-refractivity contribution is -0.122. The van der Waals surface area contributed by atoms with E-state index in [1.54, 1.807) is 6.92 Å². The summed E-state index contributed by atoms with van der Waals surface area (Å²) in [4.78, 5) is 23.6. The summed E-state index contributed by atoms with van der Waals surface area (Å²) in [5.74, 6) is -1.99. The van der Waals surface area contributed by atoms with Gasteiger partial charge in [0, 0.05) is 6.07 Å². The quantitative estimate of drug-likeness (QED) is 0.801. The molecule has 0 saturated carbocycles. The molecule has 1 atom stereocenters. The van der Waals surface area contributed by atoms with E-state index in [1.807, 2.05) is 0 Å². The number of aryl methyl sites for hydroxylation is 1. The highest BCUT2D eigenvalue weighted by Gasteiger charge is 2.26. The van der Waals surface area contributed by atoms with E-state index in [0.717, 1.165) is 12.3 Å². The van der Waals surface area contributed by atoms with Crippen LogP contribution in [0.2, 0.25) is 0 Å². The lowest BCUT2D eigenvalue weighted by atomic mass is 10.1. The lowest BCUT2D eigenvalue weighted by Crippen LogP contribution is -2.22. The largest absolute Gasteiger partial charge is 0.508 e. The number of hydrogen-bond acceptors (Lipinski definition) is 6. The Morgan fingerprint density at radius 1 is 1.40 bits per heavy atom. The maximum atomic E-state index is 12.0. The highest BCUT2D eigenvalue weighted by molar-refractivity contribution is 6.01. The first-order valence-corrected chi connectivity index (χ1v) is 6.02. The van der Waals surface area contributed by atoms with Crippen LogP contribution in [-0.4, -0.2) is 28.1 Å². The summed E-state index contributed by atoms with van der Waals surface area (Å²) in [5.41, 5.74) is 0.237. The lowest BCUT2D eigenvalue weighted by Gasteiger charge is -2.18. The van der Waals surface area contributed by atoms with Crippen LogP contribution in [0.3, 0.4) is 0 Å². The molecule has 1 aliphatic rings. The van der Waals surface area contributed by atoms with E-state index in [0.29, 0.717) is 5.56 Å². The van der Waals surface area contributed by atoms with E-state index in [4.69, 9.17) is 9.47 Å². The Kier molecular flexibility index (Phi) is 3.65. The average Bonchev–Trinajstić information content (AvgIpc) is 2.31. The van der Waals surface area contributed by atoms with Gasteiger partial charge in [0.25, 0.3) is 0 Å². The second-order valence-corrected chi connectivity index (χ2v) is 4.60. The van der Waals surface area contributed by atoms with Crippen LogP contribution in [0.4, 0.5) is 0 Å². The van der Waals surface area contributed by atoms with Gasteiger partial charge >= 0.3 is 5.97 Å². The van der Waals surface area contributed by atoms with E-state index in [9.17, 15) is 19.8 Å². The average molecular weight is 278 g/mol. The molecule has 6 heteroatoms. The molecule has 2 N–H and O–H groups in total. The van der Waals surface area contributed by atoms with Crippen molar-refractivity contribution in [3.63, 3.8) is 0 Å². The van der Waals surface area contributed by atoms with Crippen molar-refractivity contribution in [2.24, 2.45) is 0 Å². The maximum absolute atomic E-state index is 12.0. The van der Waals surface area contributed by atoms with Gasteiger partial charge in [0.15, 0.2) is 0 Å². The molecule has 1 aromatic rings. The molecule has 1 aromatic carbocycles. The first-order chi connectivity index (χ1) is 9.38. The second-order valence-electron chi connectivity index (χ2n) is 4.60. The third-order valence-electron chi connectivity index (χ3n) is 2.86. The van der Waals surface area contributed by atoms with Crippen molar-refractivity contribution in [3.05, 3.63) is 35.3 Å². The molecule has 0 saturated heterocycles. The van der Waals surface area contributed by atoms with Crippen molar-refractivity contribution < 1.29 is 29.3 Å². The van der Waals surface area contributed by atoms with Crippen molar-refractivity contribution in [1.29, 1.82) is 0 Å². The predicted molar refractivity (Wildman–Crippen MR) is 68.2 cm³/mol. The van der Waals surface area contributed by atoms with Crippen LogP contribution in [0.15, 0.2) is 24.2 Å². The van der Waals surface area contributed by atoms with Crippen molar-refractivity contribution in [2.45, 2.75) is 26.4 Å². The number of hydrogen-bond donors (Lipinski definition) is 2. The minimum atomic E-state index is -0.877. The number of rotatable bonds is 2. The van der Waals surface area contributed by atoms with Crippen molar-refractivity contribution in [2.75, 3.05) is 0 Å². The number of aromatic hydroxyl groups is 2. The second kappa shape index (κ2) is 5.24. The number of phenolic OH excluding ortho intramolecular Hbond substituents is 2. The Labute approximate surface area is 115 Å². The Bertz CT molecular complexity index is 579. The zero-order valence-corrected chi connectivity index (χ0v) is 11.0. The molecule has 0 spiro atoms. The third-order valence-corrected chi connectivity index (χ3v) is 2.86. The number of Topliss-reactive ketones (excluding diaryl/α,β-unsaturated/α-hetero) is 1. The Morgan fingerprint density at radius 2 is 2.10 bits per heavy atom. The number of carbonyl (C=O) groups is 2. The highest BCUT2D eigenvalue weighted by Crippen LogP contribution is 2.28. The number of ether oxygens (including phenoxy) is 2. The number of carbonyl (C=O) groups excluding carboxylic acids is 2. The fraction of sp³-hybridized carbons (Fsp3) is 0.286. The molecule has 0 bridgehead atoms. The first kappa shape index (κ1) is 13.9. The molecule has 0 radical (unpaired) electrons. The molecule has 1 heterocycles. The van der Waals surface area contributed by atoms with Gasteiger partial charge in [-0.15, -0.1) is 0 Å². The minimum absolute atomic E-state index is 0.102. The molecule has 0 aliphatic carbocycles. The van der Waals surface area contributed by atoms with E-state index in [-0.39, 0.29) is 35.4 Å². The molecule has 106 valence electrons. The van der Waals surface area contributed by atoms with Crippen LogP contribution >= 0.6 is 0 Å². The van der Waals surface area contributed by atoms with Gasteiger partial charge < -0.3 is 19.7 Å². The van der Waals surface area contributed by atoms with Gasteiger partial charge in [0.2, 0.25) is 11.5 Å². The molecule has 6 nitrogen and oxygen atoms in total. The number of allylic oxidation sites excluding steroid dienone is 1. The van der Waals surface area contributed by atoms with E-state index in [2.05, 4.69) is 0 Å². The fourth-order valence-electron chi connectivity index (χ4n) is 1.90. The molecule has 0 fully saturated rings. The van der Waals surface area contributed by atoms with Gasteiger partial charge in [-0.3, -0.25) is 4.79 Å². The van der Waals surface area contributed by atoms with E-state index in [1.165, 1.54) is 13.0 Å². The fourth-order valence-corrected chi connectivity index (χ4v) is 1.90. The molecule has 0 aromatic heterocycles. The topological polar surface area (TPSA) is 93.1 Å². The molecule has 0 amide bonds. The van der Waals surface area contributed by atoms with Crippen molar-refractivity contribution >= 4 is 11.8 Å². The zero-order chi connectivity index (χ0) is 14.9. The summed E-state index contributed by atoms with van der Waals surface area (Å²) >= 11 is 0. The monoisotopic (exact) mass is 278 g/mol. The smallest absolute Gasteiger partial charge is 0.347 e. The SMILES string of the molecule is Cc1cc(O)cc(O)c1C(=O)OC1=CO[C@@H](C)CC1=O. The van der Waals surface area contributed by atoms with Crippen LogP contribution in [0, 0.1) is 6.92 Å². The Hall–Kier alpha value is -2.50. The molecule has 20 heavy (non-hydrogen) atoms. The first-order valence-electron chi connectivity index (χ1n) is 6.02. The van der Waals surface area contributed by atoms with Gasteiger partial charge in [-0.1, -0.05) is 0 Å². The van der Waals surface area contributed by atoms with Crippen molar-refractivity contribution in [1.82, 2.24) is 0 Å². The van der Waals surface area contributed by atoms with Gasteiger partial charge in [-0.05, 0) is 25.5 Å². The van der Waals surface area contributed by atoms with Gasteiger partial charge in [-0.25, -0.2) is 4.79 Å². The summed E-state index contributed by atoms with van der Waals surface area (Å²) < 4.78 is 10.1. The number of benzene rings is 1. The highest BCUT2D eigenvalue weighted by atomic mass is 16.6.